The summed E-state index contributed by atoms with van der Waals surface area (Å²) in [6.45, 7) is 2.80. The Morgan fingerprint density at radius 2 is 1.91 bits per heavy atom. The SMILES string of the molecule is CC(=O)c1c(C2=CC=CCC2=O)c2cc(C)c(F)cc2n1Cc1cc2c(=O)[nH]cnc2cc1F. The second-order valence-electron chi connectivity index (χ2n) is 8.31. The number of nitrogens with zero attached hydrogens (tertiary/aromatic N) is 2. The van der Waals surface area contributed by atoms with Crippen LogP contribution in [0.2, 0.25) is 0 Å². The molecule has 0 aliphatic heterocycles. The number of benzene rings is 2. The highest BCUT2D eigenvalue weighted by Gasteiger charge is 2.27. The van der Waals surface area contributed by atoms with E-state index in [0.717, 1.165) is 6.07 Å². The lowest BCUT2D eigenvalue weighted by Crippen LogP contribution is -2.13. The molecule has 1 aliphatic carbocycles. The molecule has 0 bridgehead atoms. The number of aryl methyl sites for hydroxylation is 1. The first-order chi connectivity index (χ1) is 16.3. The van der Waals surface area contributed by atoms with Gasteiger partial charge in [-0.1, -0.05) is 18.2 Å². The molecule has 0 saturated carbocycles. The van der Waals surface area contributed by atoms with Crippen LogP contribution in [0.1, 0.15) is 40.5 Å². The Morgan fingerprint density at radius 3 is 2.65 bits per heavy atom. The Balaban J connectivity index is 1.83. The maximum Gasteiger partial charge on any atom is 0.258 e. The number of hydrogen-bond acceptors (Lipinski definition) is 4. The van der Waals surface area contributed by atoms with Gasteiger partial charge in [0.25, 0.3) is 5.56 Å². The molecule has 0 fully saturated rings. The van der Waals surface area contributed by atoms with Gasteiger partial charge in [0.1, 0.15) is 11.6 Å². The van der Waals surface area contributed by atoms with Gasteiger partial charge in [0, 0.05) is 41.5 Å². The number of H-pyrrole nitrogens is 1. The van der Waals surface area contributed by atoms with Crippen molar-refractivity contribution in [1.29, 1.82) is 0 Å². The van der Waals surface area contributed by atoms with Crippen LogP contribution >= 0.6 is 0 Å². The average Bonchev–Trinajstić information content (AvgIpc) is 3.08. The van der Waals surface area contributed by atoms with Crippen LogP contribution in [0.25, 0.3) is 27.4 Å². The van der Waals surface area contributed by atoms with Crippen LogP contribution in [0.4, 0.5) is 8.78 Å². The van der Waals surface area contributed by atoms with E-state index in [2.05, 4.69) is 9.97 Å². The van der Waals surface area contributed by atoms with E-state index in [1.54, 1.807) is 31.2 Å². The van der Waals surface area contributed by atoms with E-state index >= 15 is 4.39 Å². The van der Waals surface area contributed by atoms with Gasteiger partial charge in [-0.25, -0.2) is 13.8 Å². The van der Waals surface area contributed by atoms with Crippen molar-refractivity contribution >= 4 is 38.9 Å². The van der Waals surface area contributed by atoms with Crippen molar-refractivity contribution in [3.63, 3.8) is 0 Å². The molecule has 0 unspecified atom stereocenters. The summed E-state index contributed by atoms with van der Waals surface area (Å²) in [5.41, 5.74) is 1.53. The summed E-state index contributed by atoms with van der Waals surface area (Å²) < 4.78 is 31.2. The van der Waals surface area contributed by atoms with Crippen LogP contribution in [0.3, 0.4) is 0 Å². The minimum absolute atomic E-state index is 0.127. The number of allylic oxidation sites excluding steroid dienone is 4. The molecule has 1 aliphatic rings. The Kier molecular flexibility index (Phi) is 5.08. The molecular formula is C26H19F2N3O3. The molecule has 0 amide bonds. The summed E-state index contributed by atoms with van der Waals surface area (Å²) in [5, 5.41) is 0.719. The quantitative estimate of drug-likeness (QED) is 0.451. The van der Waals surface area contributed by atoms with E-state index in [0.29, 0.717) is 27.6 Å². The first kappa shape index (κ1) is 21.6. The second-order valence-corrected chi connectivity index (χ2v) is 8.31. The van der Waals surface area contributed by atoms with E-state index in [-0.39, 0.29) is 46.7 Å². The highest BCUT2D eigenvalue weighted by molar-refractivity contribution is 6.27. The second kappa shape index (κ2) is 7.98. The zero-order chi connectivity index (χ0) is 24.1. The number of carbonyl (C=O) groups excluding carboxylic acids is 2. The average molecular weight is 459 g/mol. The Bertz CT molecular complexity index is 1660. The number of hydrogen-bond donors (Lipinski definition) is 1. The van der Waals surface area contributed by atoms with Crippen molar-refractivity contribution in [3.05, 3.63) is 93.2 Å². The van der Waals surface area contributed by atoms with E-state index in [1.165, 1.54) is 30.0 Å². The van der Waals surface area contributed by atoms with Crippen LogP contribution < -0.4 is 5.56 Å². The molecule has 0 atom stereocenters. The molecule has 0 spiro atoms. The van der Waals surface area contributed by atoms with Crippen LogP contribution in [0.5, 0.6) is 0 Å². The van der Waals surface area contributed by atoms with Crippen LogP contribution in [-0.4, -0.2) is 26.1 Å². The van der Waals surface area contributed by atoms with Gasteiger partial charge in [0.15, 0.2) is 11.6 Å². The summed E-state index contributed by atoms with van der Waals surface area (Å²) in [6, 6.07) is 5.42. The minimum Gasteiger partial charge on any atom is -0.333 e. The van der Waals surface area contributed by atoms with Gasteiger partial charge in [-0.05, 0) is 30.7 Å². The molecule has 0 radical (unpaired) electrons. The zero-order valence-corrected chi connectivity index (χ0v) is 18.4. The zero-order valence-electron chi connectivity index (χ0n) is 18.4. The standard InChI is InChI=1S/C26H19F2N3O3/c1-13-7-18-22(10-19(13)27)31(25(14(2)32)24(18)16-5-3-4-6-23(16)33)11-15-8-17-21(9-20(15)28)29-12-30-26(17)34/h3-5,7-10,12H,6,11H2,1-2H3,(H,29,30,34). The lowest BCUT2D eigenvalue weighted by atomic mass is 9.92. The smallest absolute Gasteiger partial charge is 0.258 e. The topological polar surface area (TPSA) is 84.8 Å². The van der Waals surface area contributed by atoms with E-state index in [1.807, 2.05) is 0 Å². The van der Waals surface area contributed by atoms with Crippen LogP contribution in [0.15, 0.2) is 53.6 Å². The fraction of sp³-hybridized carbons (Fsp3) is 0.154. The summed E-state index contributed by atoms with van der Waals surface area (Å²) in [6.07, 6.45) is 6.47. The monoisotopic (exact) mass is 459 g/mol. The van der Waals surface area contributed by atoms with E-state index < -0.39 is 17.2 Å². The van der Waals surface area contributed by atoms with E-state index in [9.17, 15) is 18.8 Å². The van der Waals surface area contributed by atoms with Crippen molar-refractivity contribution in [2.75, 3.05) is 0 Å². The van der Waals surface area contributed by atoms with Crippen molar-refractivity contribution in [1.82, 2.24) is 14.5 Å². The lowest BCUT2D eigenvalue weighted by Gasteiger charge is -2.13. The summed E-state index contributed by atoms with van der Waals surface area (Å²) >= 11 is 0. The normalized spacial score (nSPS) is 13.6. The third kappa shape index (κ3) is 3.39. The maximum absolute atomic E-state index is 15.0. The van der Waals surface area contributed by atoms with Crippen molar-refractivity contribution in [3.8, 4) is 0 Å². The van der Waals surface area contributed by atoms with Gasteiger partial charge in [-0.2, -0.15) is 0 Å². The van der Waals surface area contributed by atoms with E-state index in [4.69, 9.17) is 0 Å². The number of rotatable bonds is 4. The first-order valence-electron chi connectivity index (χ1n) is 10.7. The van der Waals surface area contributed by atoms with Gasteiger partial charge >= 0.3 is 0 Å². The van der Waals surface area contributed by atoms with Crippen LogP contribution in [0, 0.1) is 18.6 Å². The van der Waals surface area contributed by atoms with Crippen molar-refractivity contribution in [2.45, 2.75) is 26.8 Å². The highest BCUT2D eigenvalue weighted by atomic mass is 19.1. The molecule has 0 saturated heterocycles. The van der Waals surface area contributed by atoms with Crippen molar-refractivity contribution < 1.29 is 18.4 Å². The summed E-state index contributed by atoms with van der Waals surface area (Å²) in [5.74, 6) is -1.63. The predicted octanol–water partition coefficient (Wildman–Crippen LogP) is 4.63. The van der Waals surface area contributed by atoms with Gasteiger partial charge in [0.2, 0.25) is 0 Å². The molecule has 2 heterocycles. The Hall–Kier alpha value is -4.20. The third-order valence-corrected chi connectivity index (χ3v) is 6.09. The number of aromatic amines is 1. The van der Waals surface area contributed by atoms with Crippen molar-refractivity contribution in [2.24, 2.45) is 0 Å². The third-order valence-electron chi connectivity index (χ3n) is 6.09. The van der Waals surface area contributed by atoms with Gasteiger partial charge in [0.05, 0.1) is 35.0 Å². The molecule has 8 heteroatoms. The number of Topliss-reactive ketones (excluding diaryl/α,β-unsaturated/α-hetero) is 2. The molecule has 2 aromatic heterocycles. The number of fused-ring (bicyclic) bond motifs is 2. The van der Waals surface area contributed by atoms with Gasteiger partial charge in [-0.15, -0.1) is 0 Å². The van der Waals surface area contributed by atoms with Gasteiger partial charge < -0.3 is 9.55 Å². The molecule has 170 valence electrons. The number of halogens is 2. The molecule has 5 rings (SSSR count). The summed E-state index contributed by atoms with van der Waals surface area (Å²) in [7, 11) is 0. The Labute approximate surface area is 192 Å². The predicted molar refractivity (Wildman–Crippen MR) is 125 cm³/mol. The molecule has 2 aromatic carbocycles. The van der Waals surface area contributed by atoms with Gasteiger partial charge in [-0.3, -0.25) is 14.4 Å². The Morgan fingerprint density at radius 1 is 1.12 bits per heavy atom. The van der Waals surface area contributed by atoms with Crippen LogP contribution in [-0.2, 0) is 11.3 Å². The largest absolute Gasteiger partial charge is 0.333 e. The molecule has 4 aromatic rings. The molecule has 6 nitrogen and oxygen atoms in total. The summed E-state index contributed by atoms with van der Waals surface area (Å²) in [4.78, 5) is 44.3. The number of ketones is 2. The molecule has 34 heavy (non-hydrogen) atoms. The first-order valence-corrected chi connectivity index (χ1v) is 10.7. The maximum atomic E-state index is 15.0. The number of nitrogens with one attached hydrogen (secondary N) is 1. The number of aromatic nitrogens is 3. The molecule has 1 N–H and O–H groups in total. The lowest BCUT2D eigenvalue weighted by molar-refractivity contribution is -0.113. The highest BCUT2D eigenvalue weighted by Crippen LogP contribution is 2.36. The minimum atomic E-state index is -0.619. The molecular weight excluding hydrogens is 440 g/mol. The fourth-order valence-corrected chi connectivity index (χ4v) is 4.47. The fourth-order valence-electron chi connectivity index (χ4n) is 4.47. The number of carbonyl (C=O) groups is 2.